The van der Waals surface area contributed by atoms with Crippen molar-refractivity contribution in [2.24, 2.45) is 0 Å². The lowest BCUT2D eigenvalue weighted by Crippen LogP contribution is -2.43. The quantitative estimate of drug-likeness (QED) is 0.931. The first-order valence-corrected chi connectivity index (χ1v) is 6.96. The molecule has 0 aliphatic heterocycles. The molecule has 1 saturated carbocycles. The third-order valence-electron chi connectivity index (χ3n) is 3.37. The second-order valence-electron chi connectivity index (χ2n) is 4.61. The summed E-state index contributed by atoms with van der Waals surface area (Å²) < 4.78 is 7.03. The van der Waals surface area contributed by atoms with Gasteiger partial charge in [0, 0.05) is 22.8 Å². The maximum atomic E-state index is 6.00. The second-order valence-corrected chi connectivity index (χ2v) is 5.46. The highest BCUT2D eigenvalue weighted by Crippen LogP contribution is 2.25. The van der Waals surface area contributed by atoms with Gasteiger partial charge in [-0.15, -0.1) is 0 Å². The van der Waals surface area contributed by atoms with E-state index in [2.05, 4.69) is 33.2 Å². The summed E-state index contributed by atoms with van der Waals surface area (Å²) in [5, 5.41) is 3.34. The fraction of sp³-hybridized carbons (Fsp3) is 0.615. The van der Waals surface area contributed by atoms with Crippen molar-refractivity contribution in [2.75, 3.05) is 7.05 Å². The smallest absolute Gasteiger partial charge is 0.213 e. The number of likely N-dealkylation sites (N-methyl/N-ethyl adjacent to an activating group) is 1. The van der Waals surface area contributed by atoms with Gasteiger partial charge in [0.1, 0.15) is 6.10 Å². The average molecular weight is 299 g/mol. The molecule has 2 rings (SSSR count). The number of aromatic nitrogens is 1. The summed E-state index contributed by atoms with van der Waals surface area (Å²) in [6.07, 6.45) is 6.90. The molecule has 1 heterocycles. The first-order chi connectivity index (χ1) is 8.20. The number of hydrogen-bond donors (Lipinski definition) is 1. The first kappa shape index (κ1) is 12.8. The molecule has 1 aliphatic carbocycles. The molecule has 1 aliphatic rings. The van der Waals surface area contributed by atoms with Gasteiger partial charge in [-0.25, -0.2) is 4.98 Å². The van der Waals surface area contributed by atoms with Crippen molar-refractivity contribution in [3.05, 3.63) is 22.3 Å². The lowest BCUT2D eigenvalue weighted by Gasteiger charge is -2.31. The number of rotatable bonds is 3. The highest BCUT2D eigenvalue weighted by molar-refractivity contribution is 9.10. The zero-order valence-corrected chi connectivity index (χ0v) is 12.0. The van der Waals surface area contributed by atoms with Crippen molar-refractivity contribution in [3.8, 4) is 5.88 Å². The molecule has 0 aromatic carbocycles. The Bertz CT molecular complexity index is 384. The molecule has 1 fully saturated rings. The maximum Gasteiger partial charge on any atom is 0.213 e. The fourth-order valence-electron chi connectivity index (χ4n) is 2.30. The molecule has 0 amide bonds. The molecule has 0 saturated heterocycles. The predicted molar refractivity (Wildman–Crippen MR) is 72.4 cm³/mol. The van der Waals surface area contributed by atoms with E-state index in [0.717, 1.165) is 22.3 Å². The number of aryl methyl sites for hydroxylation is 1. The number of pyridine rings is 1. The Balaban J connectivity index is 2.05. The molecule has 17 heavy (non-hydrogen) atoms. The van der Waals surface area contributed by atoms with Crippen molar-refractivity contribution in [2.45, 2.75) is 44.8 Å². The summed E-state index contributed by atoms with van der Waals surface area (Å²) >= 11 is 3.45. The third kappa shape index (κ3) is 3.19. The highest BCUT2D eigenvalue weighted by Gasteiger charge is 2.25. The molecular weight excluding hydrogens is 280 g/mol. The number of nitrogens with one attached hydrogen (secondary N) is 1. The Kier molecular flexibility index (Phi) is 4.40. The Hall–Kier alpha value is -0.610. The van der Waals surface area contributed by atoms with Gasteiger partial charge in [-0.1, -0.05) is 6.42 Å². The van der Waals surface area contributed by atoms with Crippen LogP contribution in [-0.2, 0) is 0 Å². The number of hydrogen-bond acceptors (Lipinski definition) is 3. The van der Waals surface area contributed by atoms with Gasteiger partial charge in [0.2, 0.25) is 5.88 Å². The summed E-state index contributed by atoms with van der Waals surface area (Å²) in [7, 11) is 2.01. The molecular formula is C13H19BrN2O. The van der Waals surface area contributed by atoms with E-state index in [1.54, 1.807) is 0 Å². The van der Waals surface area contributed by atoms with Crippen LogP contribution >= 0.6 is 15.9 Å². The van der Waals surface area contributed by atoms with Crippen molar-refractivity contribution in [1.29, 1.82) is 0 Å². The first-order valence-electron chi connectivity index (χ1n) is 6.17. The standard InChI is InChI=1S/C13H19BrN2O/c1-9-7-13(16-8-10(9)14)17-12-6-4-3-5-11(12)15-2/h7-8,11-12,15H,3-6H2,1-2H3. The predicted octanol–water partition coefficient (Wildman–Crippen LogP) is 3.06. The monoisotopic (exact) mass is 298 g/mol. The minimum absolute atomic E-state index is 0.252. The topological polar surface area (TPSA) is 34.1 Å². The summed E-state index contributed by atoms with van der Waals surface area (Å²) in [6.45, 7) is 2.05. The van der Waals surface area contributed by atoms with Gasteiger partial charge in [0.05, 0.1) is 0 Å². The van der Waals surface area contributed by atoms with Gasteiger partial charge >= 0.3 is 0 Å². The van der Waals surface area contributed by atoms with Crippen molar-refractivity contribution in [3.63, 3.8) is 0 Å². The van der Waals surface area contributed by atoms with E-state index in [-0.39, 0.29) is 6.10 Å². The Morgan fingerprint density at radius 2 is 2.18 bits per heavy atom. The summed E-state index contributed by atoms with van der Waals surface area (Å²) in [4.78, 5) is 4.31. The van der Waals surface area contributed by atoms with E-state index in [9.17, 15) is 0 Å². The van der Waals surface area contributed by atoms with Gasteiger partial charge in [0.25, 0.3) is 0 Å². The van der Waals surface area contributed by atoms with E-state index < -0.39 is 0 Å². The molecule has 4 heteroatoms. The normalized spacial score (nSPS) is 24.6. The van der Waals surface area contributed by atoms with E-state index in [4.69, 9.17) is 4.74 Å². The van der Waals surface area contributed by atoms with Crippen molar-refractivity contribution in [1.82, 2.24) is 10.3 Å². The molecule has 1 aromatic rings. The second kappa shape index (κ2) is 5.83. The van der Waals surface area contributed by atoms with Crippen LogP contribution in [0.2, 0.25) is 0 Å². The summed E-state index contributed by atoms with van der Waals surface area (Å²) in [5.74, 6) is 0.734. The van der Waals surface area contributed by atoms with E-state index >= 15 is 0 Å². The lowest BCUT2D eigenvalue weighted by atomic mass is 9.92. The van der Waals surface area contributed by atoms with Gasteiger partial charge in [0.15, 0.2) is 0 Å². The van der Waals surface area contributed by atoms with Crippen LogP contribution in [0.5, 0.6) is 5.88 Å². The molecule has 1 aromatic heterocycles. The molecule has 0 spiro atoms. The zero-order chi connectivity index (χ0) is 12.3. The Morgan fingerprint density at radius 3 is 2.88 bits per heavy atom. The van der Waals surface area contributed by atoms with Crippen LogP contribution in [0, 0.1) is 6.92 Å². The van der Waals surface area contributed by atoms with Gasteiger partial charge in [-0.3, -0.25) is 0 Å². The minimum atomic E-state index is 0.252. The number of halogens is 1. The largest absolute Gasteiger partial charge is 0.473 e. The lowest BCUT2D eigenvalue weighted by molar-refractivity contribution is 0.113. The van der Waals surface area contributed by atoms with Crippen molar-refractivity contribution >= 4 is 15.9 Å². The highest BCUT2D eigenvalue weighted by atomic mass is 79.9. The SMILES string of the molecule is CNC1CCCCC1Oc1cc(C)c(Br)cn1. The number of nitrogens with zero attached hydrogens (tertiary/aromatic N) is 1. The molecule has 1 N–H and O–H groups in total. The molecule has 0 radical (unpaired) electrons. The van der Waals surface area contributed by atoms with E-state index in [1.807, 2.05) is 19.3 Å². The van der Waals surface area contributed by atoms with Crippen LogP contribution < -0.4 is 10.1 Å². The van der Waals surface area contributed by atoms with Crippen LogP contribution in [0.15, 0.2) is 16.7 Å². The maximum absolute atomic E-state index is 6.00. The van der Waals surface area contributed by atoms with Gasteiger partial charge in [-0.2, -0.15) is 0 Å². The minimum Gasteiger partial charge on any atom is -0.473 e. The van der Waals surface area contributed by atoms with Crippen LogP contribution in [0.1, 0.15) is 31.2 Å². The van der Waals surface area contributed by atoms with Gasteiger partial charge in [-0.05, 0) is 54.7 Å². The van der Waals surface area contributed by atoms with E-state index in [0.29, 0.717) is 6.04 Å². The van der Waals surface area contributed by atoms with Crippen LogP contribution in [0.4, 0.5) is 0 Å². The fourth-order valence-corrected chi connectivity index (χ4v) is 2.52. The molecule has 2 atom stereocenters. The van der Waals surface area contributed by atoms with E-state index in [1.165, 1.54) is 19.3 Å². The molecule has 2 unspecified atom stereocenters. The van der Waals surface area contributed by atoms with Gasteiger partial charge < -0.3 is 10.1 Å². The van der Waals surface area contributed by atoms with Crippen LogP contribution in [-0.4, -0.2) is 24.2 Å². The average Bonchev–Trinajstić information content (AvgIpc) is 2.34. The zero-order valence-electron chi connectivity index (χ0n) is 10.4. The molecule has 0 bridgehead atoms. The third-order valence-corrected chi connectivity index (χ3v) is 4.20. The number of ether oxygens (including phenoxy) is 1. The summed E-state index contributed by atoms with van der Waals surface area (Å²) in [5.41, 5.74) is 1.16. The molecule has 94 valence electrons. The van der Waals surface area contributed by atoms with Crippen LogP contribution in [0.25, 0.3) is 0 Å². The summed E-state index contributed by atoms with van der Waals surface area (Å²) in [6, 6.07) is 2.44. The Morgan fingerprint density at radius 1 is 1.41 bits per heavy atom. The Labute approximate surface area is 111 Å². The van der Waals surface area contributed by atoms with Crippen molar-refractivity contribution < 1.29 is 4.74 Å². The molecule has 3 nitrogen and oxygen atoms in total. The van der Waals surface area contributed by atoms with Crippen LogP contribution in [0.3, 0.4) is 0 Å².